The molecule has 0 unspecified atom stereocenters. The van der Waals surface area contributed by atoms with E-state index in [2.05, 4.69) is 0 Å². The van der Waals surface area contributed by atoms with Gasteiger partial charge in [0.15, 0.2) is 6.61 Å². The van der Waals surface area contributed by atoms with Crippen LogP contribution in [0.25, 0.3) is 0 Å². The van der Waals surface area contributed by atoms with Gasteiger partial charge in [0.2, 0.25) is 0 Å². The molecule has 1 amide bonds. The fourth-order valence-electron chi connectivity index (χ4n) is 2.66. The fourth-order valence-corrected chi connectivity index (χ4v) is 3.72. The molecule has 0 bridgehead atoms. The largest absolute Gasteiger partial charge is 0.456 e. The first-order valence-corrected chi connectivity index (χ1v) is 9.01. The number of carbonyl (C=O) groups excluding carboxylic acids is 2. The van der Waals surface area contributed by atoms with Crippen LogP contribution in [0.3, 0.4) is 0 Å². The fraction of sp³-hybridized carbons (Fsp3) is 0.300. The Morgan fingerprint density at radius 3 is 2.00 bits per heavy atom. The Labute approximate surface area is 152 Å². The number of rotatable bonds is 3. The Kier molecular flexibility index (Phi) is 4.86. The molecule has 0 N–H and O–H groups in total. The summed E-state index contributed by atoms with van der Waals surface area (Å²) < 4.78 is 5.23. The molecule has 2 aromatic carbocycles. The van der Waals surface area contributed by atoms with Crippen molar-refractivity contribution in [1.29, 1.82) is 0 Å². The summed E-state index contributed by atoms with van der Waals surface area (Å²) in [5, 5.41) is 0. The maximum Gasteiger partial charge on any atom is 0.306 e. The quantitative estimate of drug-likeness (QED) is 0.742. The minimum atomic E-state index is -0.353. The highest BCUT2D eigenvalue weighted by Gasteiger charge is 2.28. The van der Waals surface area contributed by atoms with Gasteiger partial charge >= 0.3 is 5.97 Å². The predicted octanol–water partition coefficient (Wildman–Crippen LogP) is 4.80. The SMILES string of the molecule is CC(C)(C)CC(=O)OCC(=O)N1c2ccccc2Sc2ccccc21. The maximum atomic E-state index is 12.8. The summed E-state index contributed by atoms with van der Waals surface area (Å²) in [6.07, 6.45) is 0.281. The molecular formula is C20H21NO3S. The second kappa shape index (κ2) is 6.92. The lowest BCUT2D eigenvalue weighted by Gasteiger charge is -2.30. The monoisotopic (exact) mass is 355 g/mol. The molecule has 1 aliphatic heterocycles. The first kappa shape index (κ1) is 17.5. The van der Waals surface area contributed by atoms with Crippen LogP contribution >= 0.6 is 11.8 Å². The molecule has 0 spiro atoms. The molecule has 0 radical (unpaired) electrons. The zero-order chi connectivity index (χ0) is 18.0. The van der Waals surface area contributed by atoms with Crippen LogP contribution in [0, 0.1) is 5.41 Å². The summed E-state index contributed by atoms with van der Waals surface area (Å²) in [5.74, 6) is -0.601. The molecule has 0 fully saturated rings. The molecule has 0 saturated heterocycles. The van der Waals surface area contributed by atoms with Gasteiger partial charge in [-0.2, -0.15) is 0 Å². The van der Waals surface area contributed by atoms with Crippen molar-refractivity contribution < 1.29 is 14.3 Å². The van der Waals surface area contributed by atoms with Crippen molar-refractivity contribution in [2.45, 2.75) is 37.0 Å². The highest BCUT2D eigenvalue weighted by molar-refractivity contribution is 7.99. The van der Waals surface area contributed by atoms with Crippen molar-refractivity contribution in [1.82, 2.24) is 0 Å². The summed E-state index contributed by atoms with van der Waals surface area (Å²) >= 11 is 1.63. The lowest BCUT2D eigenvalue weighted by molar-refractivity contribution is -0.149. The number of ether oxygens (including phenoxy) is 1. The third-order valence-corrected chi connectivity index (χ3v) is 4.84. The Bertz CT molecular complexity index is 765. The van der Waals surface area contributed by atoms with Gasteiger partial charge in [-0.15, -0.1) is 0 Å². The number of para-hydroxylation sites is 2. The number of benzene rings is 2. The normalized spacial score (nSPS) is 13.0. The van der Waals surface area contributed by atoms with E-state index in [0.717, 1.165) is 21.2 Å². The van der Waals surface area contributed by atoms with Crippen LogP contribution < -0.4 is 4.90 Å². The number of fused-ring (bicyclic) bond motifs is 2. The first-order chi connectivity index (χ1) is 11.8. The van der Waals surface area contributed by atoms with E-state index in [1.54, 1.807) is 16.7 Å². The van der Waals surface area contributed by atoms with E-state index in [1.807, 2.05) is 69.3 Å². The summed E-state index contributed by atoms with van der Waals surface area (Å²) in [6, 6.07) is 15.5. The van der Waals surface area contributed by atoms with Crippen LogP contribution in [0.2, 0.25) is 0 Å². The Hall–Kier alpha value is -2.27. The van der Waals surface area contributed by atoms with Gasteiger partial charge in [0, 0.05) is 9.79 Å². The van der Waals surface area contributed by atoms with Gasteiger partial charge in [-0.1, -0.05) is 56.8 Å². The molecule has 0 atom stereocenters. The molecule has 3 rings (SSSR count). The van der Waals surface area contributed by atoms with Gasteiger partial charge in [-0.05, 0) is 29.7 Å². The molecular weight excluding hydrogens is 334 g/mol. The van der Waals surface area contributed by atoms with Gasteiger partial charge in [0.25, 0.3) is 5.91 Å². The third kappa shape index (κ3) is 4.04. The molecule has 5 heteroatoms. The van der Waals surface area contributed by atoms with Gasteiger partial charge in [0.05, 0.1) is 17.8 Å². The second-order valence-corrected chi connectivity index (χ2v) is 8.25. The van der Waals surface area contributed by atoms with E-state index in [0.29, 0.717) is 0 Å². The number of amides is 1. The second-order valence-electron chi connectivity index (χ2n) is 7.16. The predicted molar refractivity (Wildman–Crippen MR) is 99.2 cm³/mol. The van der Waals surface area contributed by atoms with Gasteiger partial charge < -0.3 is 4.74 Å². The first-order valence-electron chi connectivity index (χ1n) is 8.20. The maximum absolute atomic E-state index is 12.8. The van der Waals surface area contributed by atoms with E-state index >= 15 is 0 Å². The van der Waals surface area contributed by atoms with Gasteiger partial charge in [0.1, 0.15) is 0 Å². The zero-order valence-electron chi connectivity index (χ0n) is 14.6. The van der Waals surface area contributed by atoms with Crippen LogP contribution in [0.15, 0.2) is 58.3 Å². The third-order valence-electron chi connectivity index (χ3n) is 3.71. The molecule has 0 aliphatic carbocycles. The lowest BCUT2D eigenvalue weighted by atomic mass is 9.92. The highest BCUT2D eigenvalue weighted by atomic mass is 32.2. The number of hydrogen-bond donors (Lipinski definition) is 0. The molecule has 130 valence electrons. The van der Waals surface area contributed by atoms with E-state index < -0.39 is 0 Å². The van der Waals surface area contributed by atoms with Crippen molar-refractivity contribution in [3.63, 3.8) is 0 Å². The Balaban J connectivity index is 1.82. The van der Waals surface area contributed by atoms with Crippen LogP contribution in [-0.4, -0.2) is 18.5 Å². The molecule has 0 aromatic heterocycles. The molecule has 1 aliphatic rings. The smallest absolute Gasteiger partial charge is 0.306 e. The van der Waals surface area contributed by atoms with Gasteiger partial charge in [-0.3, -0.25) is 14.5 Å². The van der Waals surface area contributed by atoms with E-state index in [1.165, 1.54) is 0 Å². The Morgan fingerprint density at radius 1 is 0.960 bits per heavy atom. The molecule has 4 nitrogen and oxygen atoms in total. The Morgan fingerprint density at radius 2 is 1.48 bits per heavy atom. The summed E-state index contributed by atoms with van der Waals surface area (Å²) in [6.45, 7) is 5.63. The standard InChI is InChI=1S/C20H21NO3S/c1-20(2,3)12-19(23)24-13-18(22)21-14-8-4-6-10-16(14)25-17-11-7-5-9-15(17)21/h4-11H,12-13H2,1-3H3. The molecule has 1 heterocycles. The van der Waals surface area contributed by atoms with Crippen LogP contribution in [-0.2, 0) is 14.3 Å². The number of carbonyl (C=O) groups is 2. The number of anilines is 2. The van der Waals surface area contributed by atoms with Crippen LogP contribution in [0.5, 0.6) is 0 Å². The summed E-state index contributed by atoms with van der Waals surface area (Å²) in [5.41, 5.74) is 1.48. The van der Waals surface area contributed by atoms with Crippen molar-refractivity contribution in [2.24, 2.45) is 5.41 Å². The number of nitrogens with zero attached hydrogens (tertiary/aromatic N) is 1. The zero-order valence-corrected chi connectivity index (χ0v) is 15.4. The van der Waals surface area contributed by atoms with E-state index in [-0.39, 0.29) is 30.3 Å². The van der Waals surface area contributed by atoms with E-state index in [9.17, 15) is 9.59 Å². The average Bonchev–Trinajstić information content (AvgIpc) is 2.56. The molecule has 2 aromatic rings. The molecule has 25 heavy (non-hydrogen) atoms. The number of esters is 1. The van der Waals surface area contributed by atoms with E-state index in [4.69, 9.17) is 4.74 Å². The minimum absolute atomic E-state index is 0.166. The lowest BCUT2D eigenvalue weighted by Crippen LogP contribution is -2.33. The number of hydrogen-bond acceptors (Lipinski definition) is 4. The average molecular weight is 355 g/mol. The summed E-state index contributed by atoms with van der Waals surface area (Å²) in [7, 11) is 0. The van der Waals surface area contributed by atoms with Crippen LogP contribution in [0.4, 0.5) is 11.4 Å². The van der Waals surface area contributed by atoms with Crippen molar-refractivity contribution in [3.05, 3.63) is 48.5 Å². The minimum Gasteiger partial charge on any atom is -0.456 e. The molecule has 0 saturated carbocycles. The topological polar surface area (TPSA) is 46.6 Å². The van der Waals surface area contributed by atoms with Crippen molar-refractivity contribution >= 4 is 35.0 Å². The highest BCUT2D eigenvalue weighted by Crippen LogP contribution is 2.47. The van der Waals surface area contributed by atoms with Gasteiger partial charge in [-0.25, -0.2) is 0 Å². The summed E-state index contributed by atoms with van der Waals surface area (Å²) in [4.78, 5) is 28.4. The van der Waals surface area contributed by atoms with Crippen molar-refractivity contribution in [2.75, 3.05) is 11.5 Å². The van der Waals surface area contributed by atoms with Crippen molar-refractivity contribution in [3.8, 4) is 0 Å². The van der Waals surface area contributed by atoms with Crippen LogP contribution in [0.1, 0.15) is 27.2 Å².